The van der Waals surface area contributed by atoms with Crippen LogP contribution in [0.15, 0.2) is 40.9 Å². The highest BCUT2D eigenvalue weighted by Gasteiger charge is 2.26. The Labute approximate surface area is 155 Å². The topological polar surface area (TPSA) is 61.7 Å². The molecule has 1 aromatic carbocycles. The van der Waals surface area contributed by atoms with Crippen molar-refractivity contribution in [3.8, 4) is 11.8 Å². The van der Waals surface area contributed by atoms with Crippen LogP contribution >= 0.6 is 0 Å². The van der Waals surface area contributed by atoms with Gasteiger partial charge in [0.05, 0.1) is 6.54 Å². The molecule has 1 heterocycles. The van der Waals surface area contributed by atoms with Crippen LogP contribution in [-0.4, -0.2) is 35.9 Å². The number of amides is 1. The molecule has 0 aromatic heterocycles. The monoisotopic (exact) mass is 350 g/mol. The van der Waals surface area contributed by atoms with Gasteiger partial charge in [-0.15, -0.1) is 0 Å². The maximum Gasteiger partial charge on any atom is 0.251 e. The van der Waals surface area contributed by atoms with E-state index in [0.29, 0.717) is 12.1 Å². The summed E-state index contributed by atoms with van der Waals surface area (Å²) in [6.45, 7) is 1.42. The van der Waals surface area contributed by atoms with E-state index in [0.717, 1.165) is 50.6 Å². The molecule has 1 aliphatic heterocycles. The molecule has 0 radical (unpaired) electrons. The summed E-state index contributed by atoms with van der Waals surface area (Å²) in [4.78, 5) is 16.5. The van der Waals surface area contributed by atoms with Gasteiger partial charge in [-0.05, 0) is 62.3 Å². The Bertz CT molecular complexity index is 762. The number of aliphatic hydroxyl groups is 1. The highest BCUT2D eigenvalue weighted by molar-refractivity contribution is 5.94. The molecule has 0 unspecified atom stereocenters. The number of nitrogens with zero attached hydrogens (tertiary/aromatic N) is 1. The first-order valence-electron chi connectivity index (χ1n) is 9.47. The van der Waals surface area contributed by atoms with Crippen LogP contribution in [0.2, 0.25) is 0 Å². The van der Waals surface area contributed by atoms with Gasteiger partial charge in [-0.3, -0.25) is 9.79 Å². The standard InChI is InChI=1S/C22H26N2O2/c25-21(24-14-5-7-19-10-15-23-17-19)20-8-4-6-18(16-20)9-13-22(26)11-2-1-3-12-22/h4,6,8,10,16-17,26H,1-3,5,7,11-12,14-15H2,(H,24,25). The third kappa shape index (κ3) is 5.31. The minimum absolute atomic E-state index is 0.0842. The Morgan fingerprint density at radius 2 is 2.12 bits per heavy atom. The molecule has 1 aromatic rings. The van der Waals surface area contributed by atoms with Gasteiger partial charge in [-0.2, -0.15) is 0 Å². The fourth-order valence-corrected chi connectivity index (χ4v) is 3.34. The molecule has 1 amide bonds. The van der Waals surface area contributed by atoms with Gasteiger partial charge in [0.2, 0.25) is 0 Å². The number of allylic oxidation sites excluding steroid dienone is 1. The molecule has 4 heteroatoms. The van der Waals surface area contributed by atoms with Crippen molar-refractivity contribution in [2.45, 2.75) is 50.5 Å². The molecular formula is C22H26N2O2. The lowest BCUT2D eigenvalue weighted by atomic mass is 9.85. The van der Waals surface area contributed by atoms with Gasteiger partial charge in [-0.1, -0.05) is 30.4 Å². The highest BCUT2D eigenvalue weighted by Crippen LogP contribution is 2.27. The first-order valence-corrected chi connectivity index (χ1v) is 9.47. The Kier molecular flexibility index (Phi) is 6.25. The van der Waals surface area contributed by atoms with E-state index in [-0.39, 0.29) is 5.91 Å². The SMILES string of the molecule is O=C(NCCCC1=CCN=C1)c1cccc(C#CC2(O)CCCCC2)c1. The second kappa shape index (κ2) is 8.82. The van der Waals surface area contributed by atoms with Crippen molar-refractivity contribution >= 4 is 12.1 Å². The summed E-state index contributed by atoms with van der Waals surface area (Å²) in [7, 11) is 0. The Hall–Kier alpha value is -2.38. The van der Waals surface area contributed by atoms with E-state index < -0.39 is 5.60 Å². The molecule has 1 aliphatic carbocycles. The first-order chi connectivity index (χ1) is 12.6. The van der Waals surface area contributed by atoms with E-state index in [2.05, 4.69) is 28.2 Å². The molecule has 3 rings (SSSR count). The zero-order valence-corrected chi connectivity index (χ0v) is 15.1. The van der Waals surface area contributed by atoms with E-state index in [1.165, 1.54) is 12.0 Å². The number of carbonyl (C=O) groups is 1. The third-order valence-corrected chi connectivity index (χ3v) is 4.89. The molecular weight excluding hydrogens is 324 g/mol. The van der Waals surface area contributed by atoms with Crippen LogP contribution < -0.4 is 5.32 Å². The average molecular weight is 350 g/mol. The average Bonchev–Trinajstić information content (AvgIpc) is 3.18. The largest absolute Gasteiger partial charge is 0.378 e. The van der Waals surface area contributed by atoms with Crippen molar-refractivity contribution in [3.05, 3.63) is 47.0 Å². The van der Waals surface area contributed by atoms with E-state index >= 15 is 0 Å². The summed E-state index contributed by atoms with van der Waals surface area (Å²) in [6.07, 6.45) is 10.6. The van der Waals surface area contributed by atoms with Crippen LogP contribution in [0, 0.1) is 11.8 Å². The number of nitrogens with one attached hydrogen (secondary N) is 1. The Morgan fingerprint density at radius 1 is 1.27 bits per heavy atom. The van der Waals surface area contributed by atoms with Crippen molar-refractivity contribution in [3.63, 3.8) is 0 Å². The van der Waals surface area contributed by atoms with Gasteiger partial charge in [0.1, 0.15) is 5.60 Å². The molecule has 4 nitrogen and oxygen atoms in total. The summed E-state index contributed by atoms with van der Waals surface area (Å²) < 4.78 is 0. The van der Waals surface area contributed by atoms with Crippen molar-refractivity contribution in [1.29, 1.82) is 0 Å². The summed E-state index contributed by atoms with van der Waals surface area (Å²) in [6, 6.07) is 7.30. The lowest BCUT2D eigenvalue weighted by Gasteiger charge is -2.26. The zero-order valence-electron chi connectivity index (χ0n) is 15.1. The lowest BCUT2D eigenvalue weighted by molar-refractivity contribution is 0.0610. The Balaban J connectivity index is 1.53. The zero-order chi connectivity index (χ0) is 18.2. The van der Waals surface area contributed by atoms with E-state index in [4.69, 9.17) is 0 Å². The van der Waals surface area contributed by atoms with Crippen LogP contribution in [-0.2, 0) is 0 Å². The summed E-state index contributed by atoms with van der Waals surface area (Å²) in [5, 5.41) is 13.4. The van der Waals surface area contributed by atoms with Gasteiger partial charge < -0.3 is 10.4 Å². The molecule has 1 fully saturated rings. The van der Waals surface area contributed by atoms with E-state index in [1.54, 1.807) is 12.1 Å². The fourth-order valence-electron chi connectivity index (χ4n) is 3.34. The third-order valence-electron chi connectivity index (χ3n) is 4.89. The van der Waals surface area contributed by atoms with Crippen LogP contribution in [0.3, 0.4) is 0 Å². The van der Waals surface area contributed by atoms with Crippen molar-refractivity contribution in [1.82, 2.24) is 5.32 Å². The van der Waals surface area contributed by atoms with Crippen LogP contribution in [0.25, 0.3) is 0 Å². The predicted octanol–water partition coefficient (Wildman–Crippen LogP) is 3.25. The molecule has 26 heavy (non-hydrogen) atoms. The summed E-state index contributed by atoms with van der Waals surface area (Å²) in [5.41, 5.74) is 1.75. The van der Waals surface area contributed by atoms with Crippen LogP contribution in [0.5, 0.6) is 0 Å². The number of aliphatic imine (C=N–C) groups is 1. The molecule has 2 aliphatic rings. The fraction of sp³-hybridized carbons (Fsp3) is 0.455. The number of benzene rings is 1. The molecule has 0 spiro atoms. The van der Waals surface area contributed by atoms with Gasteiger partial charge in [0, 0.05) is 23.9 Å². The van der Waals surface area contributed by atoms with Crippen molar-refractivity contribution in [2.75, 3.05) is 13.1 Å². The highest BCUT2D eigenvalue weighted by atomic mass is 16.3. The Morgan fingerprint density at radius 3 is 2.88 bits per heavy atom. The quantitative estimate of drug-likeness (QED) is 0.632. The lowest BCUT2D eigenvalue weighted by Crippen LogP contribution is -2.29. The number of hydrogen-bond acceptors (Lipinski definition) is 3. The molecule has 2 N–H and O–H groups in total. The predicted molar refractivity (Wildman–Crippen MR) is 104 cm³/mol. The minimum atomic E-state index is -0.866. The van der Waals surface area contributed by atoms with Crippen LogP contribution in [0.4, 0.5) is 0 Å². The van der Waals surface area contributed by atoms with Gasteiger partial charge in [-0.25, -0.2) is 0 Å². The number of carbonyl (C=O) groups excluding carboxylic acids is 1. The molecule has 0 saturated heterocycles. The van der Waals surface area contributed by atoms with E-state index in [1.807, 2.05) is 18.3 Å². The molecule has 1 saturated carbocycles. The van der Waals surface area contributed by atoms with E-state index in [9.17, 15) is 9.90 Å². The normalized spacial score (nSPS) is 18.0. The first kappa shape index (κ1) is 18.4. The summed E-state index contributed by atoms with van der Waals surface area (Å²) in [5.74, 6) is 5.99. The smallest absolute Gasteiger partial charge is 0.251 e. The second-order valence-corrected chi connectivity index (χ2v) is 7.06. The molecule has 136 valence electrons. The molecule has 0 bridgehead atoms. The van der Waals surface area contributed by atoms with Gasteiger partial charge >= 0.3 is 0 Å². The number of rotatable bonds is 5. The maximum absolute atomic E-state index is 12.3. The van der Waals surface area contributed by atoms with Gasteiger partial charge in [0.15, 0.2) is 0 Å². The second-order valence-electron chi connectivity index (χ2n) is 7.06. The molecule has 0 atom stereocenters. The van der Waals surface area contributed by atoms with Gasteiger partial charge in [0.25, 0.3) is 5.91 Å². The van der Waals surface area contributed by atoms with Crippen molar-refractivity contribution in [2.24, 2.45) is 4.99 Å². The maximum atomic E-state index is 12.3. The number of hydrogen-bond donors (Lipinski definition) is 2. The summed E-state index contributed by atoms with van der Waals surface area (Å²) >= 11 is 0. The minimum Gasteiger partial charge on any atom is -0.378 e. The van der Waals surface area contributed by atoms with Crippen molar-refractivity contribution < 1.29 is 9.90 Å². The van der Waals surface area contributed by atoms with Crippen LogP contribution in [0.1, 0.15) is 60.9 Å².